The number of carbonyl (C=O) groups excluding carboxylic acids is 1. The van der Waals surface area contributed by atoms with Crippen molar-refractivity contribution in [3.05, 3.63) is 23.8 Å². The third-order valence-electron chi connectivity index (χ3n) is 4.00. The van der Waals surface area contributed by atoms with Crippen molar-refractivity contribution in [3.63, 3.8) is 0 Å². The number of benzene rings is 1. The molecule has 0 saturated carbocycles. The molecule has 2 rings (SSSR count). The van der Waals surface area contributed by atoms with E-state index in [1.165, 1.54) is 0 Å². The van der Waals surface area contributed by atoms with Crippen LogP contribution in [0.2, 0.25) is 0 Å². The molecule has 2 N–H and O–H groups in total. The van der Waals surface area contributed by atoms with E-state index in [1.54, 1.807) is 13.2 Å². The van der Waals surface area contributed by atoms with Gasteiger partial charge in [-0.15, -0.1) is 0 Å². The van der Waals surface area contributed by atoms with E-state index in [1.807, 2.05) is 32.9 Å². The maximum atomic E-state index is 11.8. The Morgan fingerprint density at radius 2 is 2.00 bits per heavy atom. The number of hydrogen-bond donors (Lipinski definition) is 2. The molecule has 1 aliphatic rings. The van der Waals surface area contributed by atoms with Crippen LogP contribution in [0.15, 0.2) is 18.2 Å². The number of nitrogens with one attached hydrogen (secondary N) is 1. The van der Waals surface area contributed by atoms with Gasteiger partial charge in [-0.05, 0) is 39.7 Å². The molecule has 0 atom stereocenters. The lowest BCUT2D eigenvalue weighted by atomic mass is 10.0. The number of phenolic OH excluding ortho intramolecular Hbond substituents is 1. The molecule has 1 aliphatic heterocycles. The first kappa shape index (κ1) is 18.4. The lowest BCUT2D eigenvalue weighted by molar-refractivity contribution is 0.0477. The van der Waals surface area contributed by atoms with E-state index in [-0.39, 0.29) is 17.9 Å². The molecule has 6 nitrogen and oxygen atoms in total. The van der Waals surface area contributed by atoms with Crippen molar-refractivity contribution in [1.29, 1.82) is 0 Å². The zero-order valence-corrected chi connectivity index (χ0v) is 15.0. The number of nitrogens with zero attached hydrogens (tertiary/aromatic N) is 1. The second-order valence-corrected chi connectivity index (χ2v) is 7.16. The SMILES string of the molecule is COc1cccc(CN2CCC(NC(=O)OC(C)(C)C)CC2)c1O. The molecular formula is C18H28N2O4. The number of piperidine rings is 1. The highest BCUT2D eigenvalue weighted by atomic mass is 16.6. The number of para-hydroxylation sites is 1. The second kappa shape index (κ2) is 7.75. The Labute approximate surface area is 143 Å². The number of amides is 1. The topological polar surface area (TPSA) is 71.0 Å². The molecule has 1 aromatic carbocycles. The van der Waals surface area contributed by atoms with E-state index in [9.17, 15) is 9.90 Å². The van der Waals surface area contributed by atoms with Gasteiger partial charge in [-0.3, -0.25) is 4.90 Å². The molecule has 6 heteroatoms. The molecule has 0 radical (unpaired) electrons. The Morgan fingerprint density at radius 1 is 1.33 bits per heavy atom. The normalized spacial score (nSPS) is 16.7. The van der Waals surface area contributed by atoms with Crippen LogP contribution in [0.4, 0.5) is 4.79 Å². The van der Waals surface area contributed by atoms with Gasteiger partial charge in [-0.25, -0.2) is 4.79 Å². The molecule has 24 heavy (non-hydrogen) atoms. The number of hydrogen-bond acceptors (Lipinski definition) is 5. The average molecular weight is 336 g/mol. The molecule has 0 bridgehead atoms. The molecule has 134 valence electrons. The standard InChI is InChI=1S/C18H28N2O4/c1-18(2,3)24-17(22)19-14-8-10-20(11-9-14)12-13-6-5-7-15(23-4)16(13)21/h5-7,14,21H,8-12H2,1-4H3,(H,19,22). The van der Waals surface area contributed by atoms with Crippen molar-refractivity contribution in [1.82, 2.24) is 10.2 Å². The minimum atomic E-state index is -0.478. The molecule has 0 unspecified atom stereocenters. The molecule has 1 aromatic rings. The monoisotopic (exact) mass is 336 g/mol. The minimum absolute atomic E-state index is 0.134. The summed E-state index contributed by atoms with van der Waals surface area (Å²) < 4.78 is 10.4. The third-order valence-corrected chi connectivity index (χ3v) is 4.00. The molecular weight excluding hydrogens is 308 g/mol. The predicted octanol–water partition coefficient (Wildman–Crippen LogP) is 2.89. The zero-order valence-electron chi connectivity index (χ0n) is 15.0. The van der Waals surface area contributed by atoms with Gasteiger partial charge in [0.05, 0.1) is 7.11 Å². The van der Waals surface area contributed by atoms with E-state index >= 15 is 0 Å². The highest BCUT2D eigenvalue weighted by Gasteiger charge is 2.24. The van der Waals surface area contributed by atoms with Gasteiger partial charge in [0.1, 0.15) is 5.60 Å². The Balaban J connectivity index is 1.82. The summed E-state index contributed by atoms with van der Waals surface area (Å²) in [5.74, 6) is 0.697. The van der Waals surface area contributed by atoms with Crippen LogP contribution >= 0.6 is 0 Å². The number of rotatable bonds is 4. The fourth-order valence-corrected chi connectivity index (χ4v) is 2.81. The summed E-state index contributed by atoms with van der Waals surface area (Å²) in [6, 6.07) is 5.67. The second-order valence-electron chi connectivity index (χ2n) is 7.16. The number of likely N-dealkylation sites (tertiary alicyclic amines) is 1. The van der Waals surface area contributed by atoms with E-state index in [0.29, 0.717) is 12.3 Å². The Hall–Kier alpha value is -1.95. The van der Waals surface area contributed by atoms with Gasteiger partial charge in [-0.1, -0.05) is 12.1 Å². The quantitative estimate of drug-likeness (QED) is 0.885. The lowest BCUT2D eigenvalue weighted by Crippen LogP contribution is -2.45. The number of carbonyl (C=O) groups is 1. The molecule has 1 saturated heterocycles. The molecule has 1 heterocycles. The maximum absolute atomic E-state index is 11.8. The van der Waals surface area contributed by atoms with Crippen LogP contribution in [0.1, 0.15) is 39.2 Å². The summed E-state index contributed by atoms with van der Waals surface area (Å²) in [4.78, 5) is 14.1. The van der Waals surface area contributed by atoms with Gasteiger partial charge in [0.2, 0.25) is 0 Å². The molecule has 0 aliphatic carbocycles. The van der Waals surface area contributed by atoms with Crippen LogP contribution in [0, 0.1) is 0 Å². The number of ether oxygens (including phenoxy) is 2. The fraction of sp³-hybridized carbons (Fsp3) is 0.611. The van der Waals surface area contributed by atoms with Crippen molar-refractivity contribution in [2.45, 2.75) is 51.8 Å². The Kier molecular flexibility index (Phi) is 5.94. The van der Waals surface area contributed by atoms with E-state index in [4.69, 9.17) is 9.47 Å². The number of aromatic hydroxyl groups is 1. The van der Waals surface area contributed by atoms with Crippen LogP contribution in [0.3, 0.4) is 0 Å². The van der Waals surface area contributed by atoms with E-state index in [0.717, 1.165) is 31.5 Å². The van der Waals surface area contributed by atoms with Crippen LogP contribution in [0.5, 0.6) is 11.5 Å². The summed E-state index contributed by atoms with van der Waals surface area (Å²) in [5, 5.41) is 13.1. The first-order valence-electron chi connectivity index (χ1n) is 8.35. The van der Waals surface area contributed by atoms with Crippen LogP contribution < -0.4 is 10.1 Å². The van der Waals surface area contributed by atoms with Crippen molar-refractivity contribution in [3.8, 4) is 11.5 Å². The minimum Gasteiger partial charge on any atom is -0.504 e. The summed E-state index contributed by atoms with van der Waals surface area (Å²) >= 11 is 0. The number of alkyl carbamates (subject to hydrolysis) is 1. The summed E-state index contributed by atoms with van der Waals surface area (Å²) in [6.45, 7) is 7.96. The number of phenols is 1. The van der Waals surface area contributed by atoms with Crippen molar-refractivity contribution in [2.24, 2.45) is 0 Å². The van der Waals surface area contributed by atoms with Crippen molar-refractivity contribution < 1.29 is 19.4 Å². The zero-order chi connectivity index (χ0) is 17.7. The van der Waals surface area contributed by atoms with Crippen LogP contribution in [-0.4, -0.2) is 47.9 Å². The highest BCUT2D eigenvalue weighted by molar-refractivity contribution is 5.68. The highest BCUT2D eigenvalue weighted by Crippen LogP contribution is 2.30. The summed E-state index contributed by atoms with van der Waals surface area (Å²) in [6.07, 6.45) is 1.37. The Bertz CT molecular complexity index is 561. The largest absolute Gasteiger partial charge is 0.504 e. The number of methoxy groups -OCH3 is 1. The summed E-state index contributed by atoms with van der Waals surface area (Å²) in [7, 11) is 1.55. The summed E-state index contributed by atoms with van der Waals surface area (Å²) in [5.41, 5.74) is 0.377. The van der Waals surface area contributed by atoms with Gasteiger partial charge in [-0.2, -0.15) is 0 Å². The first-order valence-corrected chi connectivity index (χ1v) is 8.35. The van der Waals surface area contributed by atoms with Crippen LogP contribution in [-0.2, 0) is 11.3 Å². The van der Waals surface area contributed by atoms with Gasteiger partial charge in [0.25, 0.3) is 0 Å². The predicted molar refractivity (Wildman–Crippen MR) is 92.3 cm³/mol. The third kappa shape index (κ3) is 5.30. The first-order chi connectivity index (χ1) is 11.3. The van der Waals surface area contributed by atoms with Crippen molar-refractivity contribution in [2.75, 3.05) is 20.2 Å². The Morgan fingerprint density at radius 3 is 2.58 bits per heavy atom. The van der Waals surface area contributed by atoms with Gasteiger partial charge >= 0.3 is 6.09 Å². The molecule has 0 spiro atoms. The lowest BCUT2D eigenvalue weighted by Gasteiger charge is -2.33. The van der Waals surface area contributed by atoms with Gasteiger partial charge in [0, 0.05) is 31.2 Å². The molecule has 0 aromatic heterocycles. The van der Waals surface area contributed by atoms with Crippen LogP contribution in [0.25, 0.3) is 0 Å². The van der Waals surface area contributed by atoms with Gasteiger partial charge < -0.3 is 19.9 Å². The van der Waals surface area contributed by atoms with Crippen molar-refractivity contribution >= 4 is 6.09 Å². The average Bonchev–Trinajstić information content (AvgIpc) is 2.49. The smallest absolute Gasteiger partial charge is 0.407 e. The van der Waals surface area contributed by atoms with E-state index < -0.39 is 5.60 Å². The molecule has 1 amide bonds. The van der Waals surface area contributed by atoms with Gasteiger partial charge in [0.15, 0.2) is 11.5 Å². The van der Waals surface area contributed by atoms with E-state index in [2.05, 4.69) is 10.2 Å². The molecule has 1 fully saturated rings. The maximum Gasteiger partial charge on any atom is 0.407 e. The fourth-order valence-electron chi connectivity index (χ4n) is 2.81.